The highest BCUT2D eigenvalue weighted by Gasteiger charge is 2.32. The SMILES string of the molecule is O=C(N[C@H]1CCS(=O)(=O)c2cc(C(=O)Nc3ccnc4[nH]ccc34)ccc21)OCc1ccccc1. The lowest BCUT2D eigenvalue weighted by Crippen LogP contribution is -2.34. The molecule has 0 radical (unpaired) electrons. The van der Waals surface area contributed by atoms with Crippen molar-refractivity contribution in [2.24, 2.45) is 0 Å². The zero-order chi connectivity index (χ0) is 24.4. The van der Waals surface area contributed by atoms with Crippen molar-refractivity contribution in [3.63, 3.8) is 0 Å². The summed E-state index contributed by atoms with van der Waals surface area (Å²) in [6.45, 7) is 0.104. The van der Waals surface area contributed by atoms with Crippen molar-refractivity contribution in [1.82, 2.24) is 15.3 Å². The highest BCUT2D eigenvalue weighted by Crippen LogP contribution is 2.33. The Bertz CT molecular complexity index is 1520. The second-order valence-corrected chi connectivity index (χ2v) is 10.2. The summed E-state index contributed by atoms with van der Waals surface area (Å²) in [7, 11) is -3.61. The van der Waals surface area contributed by atoms with Gasteiger partial charge in [0.05, 0.1) is 22.4 Å². The van der Waals surface area contributed by atoms with Crippen LogP contribution >= 0.6 is 0 Å². The minimum Gasteiger partial charge on any atom is -0.445 e. The Morgan fingerprint density at radius 1 is 1.09 bits per heavy atom. The Hall–Kier alpha value is -4.18. The highest BCUT2D eigenvalue weighted by molar-refractivity contribution is 7.91. The third-order valence-corrected chi connectivity index (χ3v) is 7.67. The van der Waals surface area contributed by atoms with Gasteiger partial charge in [0.15, 0.2) is 9.84 Å². The number of hydrogen-bond acceptors (Lipinski definition) is 6. The van der Waals surface area contributed by atoms with Crippen molar-refractivity contribution >= 4 is 38.6 Å². The second-order valence-electron chi connectivity index (χ2n) is 8.17. The molecule has 178 valence electrons. The van der Waals surface area contributed by atoms with Gasteiger partial charge in [0.25, 0.3) is 5.91 Å². The minimum atomic E-state index is -3.61. The maximum atomic E-state index is 12.9. The molecule has 0 saturated heterocycles. The Morgan fingerprint density at radius 2 is 1.91 bits per heavy atom. The van der Waals surface area contributed by atoms with E-state index in [2.05, 4.69) is 20.6 Å². The van der Waals surface area contributed by atoms with E-state index in [1.54, 1.807) is 36.7 Å². The van der Waals surface area contributed by atoms with Crippen LogP contribution in [0.4, 0.5) is 10.5 Å². The number of H-pyrrole nitrogens is 1. The first-order valence-corrected chi connectivity index (χ1v) is 12.6. The van der Waals surface area contributed by atoms with Crippen LogP contribution < -0.4 is 10.6 Å². The normalized spacial score (nSPS) is 16.3. The minimum absolute atomic E-state index is 0.0336. The smallest absolute Gasteiger partial charge is 0.407 e. The summed E-state index contributed by atoms with van der Waals surface area (Å²) in [5.74, 6) is -0.600. The molecule has 9 nitrogen and oxygen atoms in total. The van der Waals surface area contributed by atoms with Crippen LogP contribution in [0.15, 0.2) is 78.0 Å². The maximum absolute atomic E-state index is 12.9. The van der Waals surface area contributed by atoms with E-state index in [1.165, 1.54) is 6.07 Å². The molecule has 1 aliphatic rings. The molecule has 1 aliphatic heterocycles. The van der Waals surface area contributed by atoms with Crippen molar-refractivity contribution < 1.29 is 22.7 Å². The van der Waals surface area contributed by atoms with Gasteiger partial charge in [0.2, 0.25) is 0 Å². The average Bonchev–Trinajstić information content (AvgIpc) is 3.35. The highest BCUT2D eigenvalue weighted by atomic mass is 32.2. The summed E-state index contributed by atoms with van der Waals surface area (Å²) in [5.41, 5.74) is 2.66. The van der Waals surface area contributed by atoms with Crippen molar-refractivity contribution in [3.05, 3.63) is 89.7 Å². The van der Waals surface area contributed by atoms with Crippen molar-refractivity contribution in [2.75, 3.05) is 11.1 Å². The van der Waals surface area contributed by atoms with E-state index in [-0.39, 0.29) is 29.2 Å². The van der Waals surface area contributed by atoms with Gasteiger partial charge >= 0.3 is 6.09 Å². The summed E-state index contributed by atoms with van der Waals surface area (Å²) in [6, 6.07) is 16.7. The van der Waals surface area contributed by atoms with Gasteiger partial charge in [-0.1, -0.05) is 36.4 Å². The molecule has 0 unspecified atom stereocenters. The van der Waals surface area contributed by atoms with E-state index in [1.807, 2.05) is 30.3 Å². The van der Waals surface area contributed by atoms with E-state index in [0.29, 0.717) is 16.9 Å². The third kappa shape index (κ3) is 4.73. The number of rotatable bonds is 5. The van der Waals surface area contributed by atoms with E-state index in [9.17, 15) is 18.0 Å². The van der Waals surface area contributed by atoms with E-state index in [0.717, 1.165) is 10.9 Å². The Morgan fingerprint density at radius 3 is 2.74 bits per heavy atom. The number of carbonyl (C=O) groups excluding carboxylic acids is 2. The predicted molar refractivity (Wildman–Crippen MR) is 130 cm³/mol. The van der Waals surface area contributed by atoms with Gasteiger partial charge in [-0.2, -0.15) is 0 Å². The fourth-order valence-electron chi connectivity index (χ4n) is 4.09. The Labute approximate surface area is 201 Å². The van der Waals surface area contributed by atoms with Gasteiger partial charge in [0, 0.05) is 23.3 Å². The third-order valence-electron chi connectivity index (χ3n) is 5.87. The van der Waals surface area contributed by atoms with Crippen LogP contribution in [-0.4, -0.2) is 36.1 Å². The largest absolute Gasteiger partial charge is 0.445 e. The molecule has 35 heavy (non-hydrogen) atoms. The van der Waals surface area contributed by atoms with Gasteiger partial charge < -0.3 is 20.4 Å². The number of hydrogen-bond donors (Lipinski definition) is 3. The molecule has 10 heteroatoms. The van der Waals surface area contributed by atoms with Crippen molar-refractivity contribution in [3.8, 4) is 0 Å². The number of nitrogens with one attached hydrogen (secondary N) is 3. The Kier molecular flexibility index (Phi) is 5.96. The second kappa shape index (κ2) is 9.22. The van der Waals surface area contributed by atoms with Gasteiger partial charge in [0.1, 0.15) is 12.3 Å². The lowest BCUT2D eigenvalue weighted by Gasteiger charge is -2.26. The molecule has 2 aromatic carbocycles. The summed E-state index contributed by atoms with van der Waals surface area (Å²) in [6.07, 6.45) is 2.86. The number of aromatic amines is 1. The zero-order valence-electron chi connectivity index (χ0n) is 18.5. The average molecular weight is 491 g/mol. The zero-order valence-corrected chi connectivity index (χ0v) is 19.3. The number of ether oxygens (including phenoxy) is 1. The Balaban J connectivity index is 1.34. The molecule has 1 atom stereocenters. The maximum Gasteiger partial charge on any atom is 0.407 e. The number of aromatic nitrogens is 2. The summed E-state index contributed by atoms with van der Waals surface area (Å²) < 4.78 is 30.9. The van der Waals surface area contributed by atoms with Crippen LogP contribution in [0.3, 0.4) is 0 Å². The standard InChI is InChI=1S/C25H22N4O5S/c30-24(28-20-9-12-27-23-19(20)8-11-26-23)17-6-7-18-21(10-13-35(32,33)22(18)14-17)29-25(31)34-15-16-4-2-1-3-5-16/h1-9,11-12,14,21H,10,13,15H2,(H,29,31)(H2,26,27,28,30)/t21-/m0/s1. The van der Waals surface area contributed by atoms with Crippen LogP contribution in [0.5, 0.6) is 0 Å². The lowest BCUT2D eigenvalue weighted by atomic mass is 10.0. The number of amides is 2. The fraction of sp³-hybridized carbons (Fsp3) is 0.160. The molecule has 0 aliphatic carbocycles. The van der Waals surface area contributed by atoms with Crippen LogP contribution in [0.2, 0.25) is 0 Å². The number of nitrogens with zero attached hydrogens (tertiary/aromatic N) is 1. The lowest BCUT2D eigenvalue weighted by molar-refractivity contribution is 0.102. The summed E-state index contributed by atoms with van der Waals surface area (Å²) in [5, 5.41) is 6.31. The molecule has 2 amide bonds. The van der Waals surface area contributed by atoms with Crippen LogP contribution in [0, 0.1) is 0 Å². The number of benzene rings is 2. The van der Waals surface area contributed by atoms with E-state index in [4.69, 9.17) is 4.74 Å². The molecule has 0 spiro atoms. The van der Waals surface area contributed by atoms with Crippen LogP contribution in [0.25, 0.3) is 11.0 Å². The first kappa shape index (κ1) is 22.6. The predicted octanol–water partition coefficient (Wildman–Crippen LogP) is 3.96. The van der Waals surface area contributed by atoms with Gasteiger partial charge in [-0.3, -0.25) is 4.79 Å². The topological polar surface area (TPSA) is 130 Å². The van der Waals surface area contributed by atoms with Gasteiger partial charge in [-0.15, -0.1) is 0 Å². The number of alkyl carbamates (subject to hydrolysis) is 1. The van der Waals surface area contributed by atoms with E-state index >= 15 is 0 Å². The van der Waals surface area contributed by atoms with Gasteiger partial charge in [-0.25, -0.2) is 18.2 Å². The number of sulfone groups is 1. The molecule has 3 heterocycles. The molecule has 2 aromatic heterocycles. The number of carbonyl (C=O) groups is 2. The van der Waals surface area contributed by atoms with Crippen LogP contribution in [0.1, 0.15) is 33.9 Å². The van der Waals surface area contributed by atoms with E-state index < -0.39 is 27.9 Å². The molecule has 0 fully saturated rings. The molecule has 3 N–H and O–H groups in total. The fourth-order valence-corrected chi connectivity index (χ4v) is 5.73. The number of pyridine rings is 1. The molecule has 5 rings (SSSR count). The molecule has 0 bridgehead atoms. The quantitative estimate of drug-likeness (QED) is 0.388. The van der Waals surface area contributed by atoms with Crippen LogP contribution in [-0.2, 0) is 21.2 Å². The molecule has 4 aromatic rings. The summed E-state index contributed by atoms with van der Waals surface area (Å²) in [4.78, 5) is 32.5. The number of anilines is 1. The first-order chi connectivity index (χ1) is 16.9. The van der Waals surface area contributed by atoms with Crippen molar-refractivity contribution in [1.29, 1.82) is 0 Å². The molecular weight excluding hydrogens is 468 g/mol. The summed E-state index contributed by atoms with van der Waals surface area (Å²) >= 11 is 0. The van der Waals surface area contributed by atoms with Crippen molar-refractivity contribution in [2.45, 2.75) is 24.0 Å². The molecule has 0 saturated carbocycles. The monoisotopic (exact) mass is 490 g/mol. The van der Waals surface area contributed by atoms with Gasteiger partial charge in [-0.05, 0) is 41.8 Å². The first-order valence-electron chi connectivity index (χ1n) is 11.0. The molecular formula is C25H22N4O5S. The number of fused-ring (bicyclic) bond motifs is 2.